The van der Waals surface area contributed by atoms with Crippen LogP contribution in [0.5, 0.6) is 0 Å². The van der Waals surface area contributed by atoms with Gasteiger partial charge in [0.2, 0.25) is 0 Å². The van der Waals surface area contributed by atoms with Gasteiger partial charge in [-0.2, -0.15) is 0 Å². The molecule has 0 rings (SSSR count). The molecule has 0 saturated carbocycles. The molecule has 0 aromatic carbocycles. The maximum Gasteiger partial charge on any atom is 0.306 e. The average molecular weight is 714 g/mol. The fourth-order valence-corrected chi connectivity index (χ4v) is 6.12. The van der Waals surface area contributed by atoms with E-state index in [0.29, 0.717) is 45.9 Å². The van der Waals surface area contributed by atoms with Crippen LogP contribution < -0.4 is 0 Å². The molecule has 8 heteroatoms. The van der Waals surface area contributed by atoms with Crippen molar-refractivity contribution < 1.29 is 33.6 Å². The highest BCUT2D eigenvalue weighted by atomic mass is 16.6. The molecule has 0 aromatic rings. The number of ether oxygens (including phenoxy) is 4. The molecule has 0 saturated heterocycles. The molecule has 0 radical (unpaired) electrons. The SMILES string of the molecule is CCCCCCCCCOC(=O)CCCCCCCN(CCO)CCCCCCCC(=O)OC(COCCCCCC)COCCCCCC. The van der Waals surface area contributed by atoms with E-state index in [1.54, 1.807) is 0 Å². The van der Waals surface area contributed by atoms with E-state index in [0.717, 1.165) is 110 Å². The number of aliphatic hydroxyl groups is 1. The Balaban J connectivity index is 3.94. The molecule has 0 amide bonds. The number of esters is 2. The summed E-state index contributed by atoms with van der Waals surface area (Å²) in [6.45, 7) is 12.4. The molecule has 0 spiro atoms. The number of carbonyl (C=O) groups excluding carboxylic acids is 2. The largest absolute Gasteiger partial charge is 0.466 e. The third kappa shape index (κ3) is 36.6. The van der Waals surface area contributed by atoms with Gasteiger partial charge in [0.1, 0.15) is 6.10 Å². The summed E-state index contributed by atoms with van der Waals surface area (Å²) in [5, 5.41) is 9.52. The fraction of sp³-hybridized carbons (Fsp3) is 0.952. The minimum Gasteiger partial charge on any atom is -0.466 e. The minimum absolute atomic E-state index is 0.0403. The lowest BCUT2D eigenvalue weighted by molar-refractivity contribution is -0.156. The second-order valence-corrected chi connectivity index (χ2v) is 14.3. The van der Waals surface area contributed by atoms with Gasteiger partial charge < -0.3 is 29.0 Å². The maximum atomic E-state index is 12.6. The van der Waals surface area contributed by atoms with Crippen molar-refractivity contribution in [3.63, 3.8) is 0 Å². The van der Waals surface area contributed by atoms with Crippen molar-refractivity contribution in [1.29, 1.82) is 0 Å². The molecule has 298 valence electrons. The van der Waals surface area contributed by atoms with Crippen LogP contribution in [0.25, 0.3) is 0 Å². The molecule has 50 heavy (non-hydrogen) atoms. The monoisotopic (exact) mass is 714 g/mol. The number of nitrogens with zero attached hydrogens (tertiary/aromatic N) is 1. The lowest BCUT2D eigenvalue weighted by atomic mass is 10.1. The number of hydrogen-bond donors (Lipinski definition) is 1. The average Bonchev–Trinajstić information content (AvgIpc) is 3.11. The van der Waals surface area contributed by atoms with Crippen LogP contribution in [-0.2, 0) is 28.5 Å². The van der Waals surface area contributed by atoms with Crippen LogP contribution >= 0.6 is 0 Å². The van der Waals surface area contributed by atoms with Crippen molar-refractivity contribution in [2.45, 2.75) is 200 Å². The van der Waals surface area contributed by atoms with Gasteiger partial charge in [0.25, 0.3) is 0 Å². The van der Waals surface area contributed by atoms with Gasteiger partial charge in [-0.15, -0.1) is 0 Å². The summed E-state index contributed by atoms with van der Waals surface area (Å²) >= 11 is 0. The highest BCUT2D eigenvalue weighted by Crippen LogP contribution is 2.12. The standard InChI is InChI=1S/C42H83NO7/c1-4-7-10-13-14-21-28-37-49-41(45)29-22-17-15-19-24-31-43(33-34-44)32-25-20-16-18-23-30-42(46)50-40(38-47-35-26-11-8-5-2)39-48-36-27-12-9-6-3/h40,44H,4-39H2,1-3H3. The summed E-state index contributed by atoms with van der Waals surface area (Å²) in [4.78, 5) is 26.9. The molecule has 0 fully saturated rings. The van der Waals surface area contributed by atoms with E-state index >= 15 is 0 Å². The summed E-state index contributed by atoms with van der Waals surface area (Å²) in [7, 11) is 0. The Kier molecular flexibility index (Phi) is 39.6. The molecule has 1 N–H and O–H groups in total. The van der Waals surface area contributed by atoms with Crippen LogP contribution in [0.4, 0.5) is 0 Å². The lowest BCUT2D eigenvalue weighted by Gasteiger charge is -2.21. The van der Waals surface area contributed by atoms with Crippen LogP contribution in [-0.4, -0.2) is 87.3 Å². The normalized spacial score (nSPS) is 11.6. The summed E-state index contributed by atoms with van der Waals surface area (Å²) in [5.41, 5.74) is 0. The van der Waals surface area contributed by atoms with Crippen molar-refractivity contribution in [1.82, 2.24) is 4.90 Å². The van der Waals surface area contributed by atoms with E-state index in [9.17, 15) is 14.7 Å². The van der Waals surface area contributed by atoms with E-state index in [2.05, 4.69) is 25.7 Å². The first-order chi connectivity index (χ1) is 24.6. The highest BCUT2D eigenvalue weighted by molar-refractivity contribution is 5.69. The zero-order chi connectivity index (χ0) is 36.6. The van der Waals surface area contributed by atoms with E-state index in [4.69, 9.17) is 18.9 Å². The molecule has 0 aliphatic heterocycles. The Hall–Kier alpha value is -1.22. The minimum atomic E-state index is -0.328. The van der Waals surface area contributed by atoms with Crippen molar-refractivity contribution in [2.24, 2.45) is 0 Å². The topological polar surface area (TPSA) is 94.5 Å². The van der Waals surface area contributed by atoms with Crippen molar-refractivity contribution in [2.75, 3.05) is 59.3 Å². The fourth-order valence-electron chi connectivity index (χ4n) is 6.12. The van der Waals surface area contributed by atoms with E-state index in [1.165, 1.54) is 70.6 Å². The highest BCUT2D eigenvalue weighted by Gasteiger charge is 2.15. The number of hydrogen-bond acceptors (Lipinski definition) is 8. The van der Waals surface area contributed by atoms with Crippen molar-refractivity contribution in [3.8, 4) is 0 Å². The molecule has 0 aromatic heterocycles. The molecule has 8 nitrogen and oxygen atoms in total. The molecule has 0 unspecified atom stereocenters. The third-order valence-electron chi connectivity index (χ3n) is 9.33. The summed E-state index contributed by atoms with van der Waals surface area (Å²) in [5.74, 6) is -0.187. The Labute approximate surface area is 309 Å². The van der Waals surface area contributed by atoms with Gasteiger partial charge in [0.05, 0.1) is 26.4 Å². The van der Waals surface area contributed by atoms with Crippen LogP contribution in [0, 0.1) is 0 Å². The molecule has 0 heterocycles. The van der Waals surface area contributed by atoms with Crippen molar-refractivity contribution >= 4 is 11.9 Å². The lowest BCUT2D eigenvalue weighted by Crippen LogP contribution is -2.29. The van der Waals surface area contributed by atoms with Gasteiger partial charge in [-0.3, -0.25) is 9.59 Å². The second-order valence-electron chi connectivity index (χ2n) is 14.3. The number of rotatable bonds is 41. The van der Waals surface area contributed by atoms with Gasteiger partial charge in [-0.1, -0.05) is 136 Å². The zero-order valence-corrected chi connectivity index (χ0v) is 33.4. The molecule has 0 aliphatic rings. The zero-order valence-electron chi connectivity index (χ0n) is 33.4. The van der Waals surface area contributed by atoms with E-state index in [-0.39, 0.29) is 24.6 Å². The first kappa shape index (κ1) is 48.8. The van der Waals surface area contributed by atoms with Crippen LogP contribution in [0.3, 0.4) is 0 Å². The number of unbranched alkanes of at least 4 members (excludes halogenated alkanes) is 20. The molecule has 0 atom stereocenters. The van der Waals surface area contributed by atoms with Gasteiger partial charge in [-0.05, 0) is 58.0 Å². The quantitative estimate of drug-likeness (QED) is 0.0494. The van der Waals surface area contributed by atoms with Crippen LogP contribution in [0.15, 0.2) is 0 Å². The Morgan fingerprint density at radius 2 is 0.880 bits per heavy atom. The van der Waals surface area contributed by atoms with Gasteiger partial charge in [0, 0.05) is 32.6 Å². The molecule has 0 bridgehead atoms. The molecule has 0 aliphatic carbocycles. The van der Waals surface area contributed by atoms with Crippen LogP contribution in [0.1, 0.15) is 194 Å². The summed E-state index contributed by atoms with van der Waals surface area (Å²) in [6, 6.07) is 0. The van der Waals surface area contributed by atoms with Gasteiger partial charge >= 0.3 is 11.9 Å². The predicted octanol–water partition coefficient (Wildman–Crippen LogP) is 10.4. The van der Waals surface area contributed by atoms with Gasteiger partial charge in [-0.25, -0.2) is 0 Å². The Bertz CT molecular complexity index is 692. The third-order valence-corrected chi connectivity index (χ3v) is 9.33. The first-order valence-corrected chi connectivity index (χ1v) is 21.4. The number of carbonyl (C=O) groups is 2. The van der Waals surface area contributed by atoms with Crippen LogP contribution in [0.2, 0.25) is 0 Å². The molecular weight excluding hydrogens is 630 g/mol. The number of aliphatic hydroxyl groups excluding tert-OH is 1. The van der Waals surface area contributed by atoms with Gasteiger partial charge in [0.15, 0.2) is 0 Å². The Morgan fingerprint density at radius 1 is 0.480 bits per heavy atom. The predicted molar refractivity (Wildman–Crippen MR) is 208 cm³/mol. The first-order valence-electron chi connectivity index (χ1n) is 21.4. The smallest absolute Gasteiger partial charge is 0.306 e. The van der Waals surface area contributed by atoms with E-state index in [1.807, 2.05) is 0 Å². The van der Waals surface area contributed by atoms with Crippen molar-refractivity contribution in [3.05, 3.63) is 0 Å². The maximum absolute atomic E-state index is 12.6. The molecular formula is C42H83NO7. The summed E-state index contributed by atoms with van der Waals surface area (Å²) < 4.78 is 22.8. The van der Waals surface area contributed by atoms with E-state index < -0.39 is 0 Å². The Morgan fingerprint density at radius 3 is 1.38 bits per heavy atom. The second kappa shape index (κ2) is 40.5. The summed E-state index contributed by atoms with van der Waals surface area (Å²) in [6.07, 6.45) is 29.2.